The largest absolute Gasteiger partial charge is 0.508 e. The summed E-state index contributed by atoms with van der Waals surface area (Å²) in [5.74, 6) is 0.444. The fraction of sp³-hybridized carbons (Fsp3) is 0.440. The number of aromatic hydroxyl groups is 2. The number of aryl methyl sites for hydroxylation is 1. The zero-order chi connectivity index (χ0) is 20.5. The third-order valence-electron chi connectivity index (χ3n) is 5.03. The van der Waals surface area contributed by atoms with Gasteiger partial charge in [0.2, 0.25) is 0 Å². The molecular formula is C25H34O2S. The number of allylic oxidation sites excluding steroid dienone is 4. The van der Waals surface area contributed by atoms with Crippen molar-refractivity contribution in [2.45, 2.75) is 72.6 Å². The molecule has 0 amide bonds. The first-order valence-corrected chi connectivity index (χ1v) is 11.2. The molecule has 0 saturated carbocycles. The fourth-order valence-electron chi connectivity index (χ4n) is 3.38. The molecule has 0 aliphatic heterocycles. The lowest BCUT2D eigenvalue weighted by molar-refractivity contribution is 0.441. The van der Waals surface area contributed by atoms with E-state index in [1.54, 1.807) is 11.3 Å². The molecule has 2 N–H and O–H groups in total. The predicted molar refractivity (Wildman–Crippen MR) is 122 cm³/mol. The molecule has 0 unspecified atom stereocenters. The quantitative estimate of drug-likeness (QED) is 0.317. The van der Waals surface area contributed by atoms with Crippen molar-refractivity contribution in [2.75, 3.05) is 0 Å². The highest BCUT2D eigenvalue weighted by atomic mass is 32.1. The smallest absolute Gasteiger partial charge is 0.131 e. The minimum atomic E-state index is 0.206. The van der Waals surface area contributed by atoms with E-state index in [9.17, 15) is 10.2 Å². The summed E-state index contributed by atoms with van der Waals surface area (Å²) in [6.07, 6.45) is 11.2. The van der Waals surface area contributed by atoms with Crippen molar-refractivity contribution in [3.63, 3.8) is 0 Å². The molecule has 1 aromatic heterocycles. The van der Waals surface area contributed by atoms with Crippen LogP contribution < -0.4 is 0 Å². The average molecular weight is 399 g/mol. The Morgan fingerprint density at radius 1 is 1.11 bits per heavy atom. The van der Waals surface area contributed by atoms with Crippen LogP contribution in [0.1, 0.15) is 70.9 Å². The van der Waals surface area contributed by atoms with Crippen LogP contribution >= 0.6 is 11.3 Å². The van der Waals surface area contributed by atoms with E-state index < -0.39 is 0 Å². The summed E-state index contributed by atoms with van der Waals surface area (Å²) in [7, 11) is 0. The van der Waals surface area contributed by atoms with Gasteiger partial charge in [-0.15, -0.1) is 11.3 Å². The fourth-order valence-corrected chi connectivity index (χ4v) is 4.18. The van der Waals surface area contributed by atoms with Crippen LogP contribution in [0, 0.1) is 0 Å². The highest BCUT2D eigenvalue weighted by molar-refractivity contribution is 7.13. The van der Waals surface area contributed by atoms with E-state index in [-0.39, 0.29) is 11.5 Å². The van der Waals surface area contributed by atoms with Gasteiger partial charge in [-0.3, -0.25) is 0 Å². The maximum atomic E-state index is 11.0. The third kappa shape index (κ3) is 6.27. The molecule has 2 aromatic rings. The Labute approximate surface area is 174 Å². The summed E-state index contributed by atoms with van der Waals surface area (Å²) in [5.41, 5.74) is 5.18. The molecule has 0 fully saturated rings. The van der Waals surface area contributed by atoms with Crippen LogP contribution in [-0.4, -0.2) is 10.2 Å². The van der Waals surface area contributed by atoms with Crippen LogP contribution in [0.25, 0.3) is 10.4 Å². The maximum Gasteiger partial charge on any atom is 0.131 e. The topological polar surface area (TPSA) is 40.5 Å². The van der Waals surface area contributed by atoms with E-state index in [1.807, 2.05) is 23.6 Å². The first-order chi connectivity index (χ1) is 13.4. The predicted octanol–water partition coefficient (Wildman–Crippen LogP) is 7.79. The number of thiophene rings is 1. The molecule has 3 heteroatoms. The van der Waals surface area contributed by atoms with E-state index in [0.717, 1.165) is 54.5 Å². The first-order valence-electron chi connectivity index (χ1n) is 10.3. The van der Waals surface area contributed by atoms with Gasteiger partial charge in [-0.2, -0.15) is 0 Å². The van der Waals surface area contributed by atoms with Gasteiger partial charge in [-0.05, 0) is 76.0 Å². The molecule has 2 rings (SSSR count). The Hall–Kier alpha value is -2.00. The number of unbranched alkanes of at least 4 members (excludes halogenated alkanes) is 2. The number of phenolic OH excluding ortho intramolecular Hbond substituents is 2. The summed E-state index contributed by atoms with van der Waals surface area (Å²) in [4.78, 5) is 1.06. The number of hydrogen-bond donors (Lipinski definition) is 2. The van der Waals surface area contributed by atoms with E-state index >= 15 is 0 Å². The highest BCUT2D eigenvalue weighted by Gasteiger charge is 2.18. The van der Waals surface area contributed by atoms with Gasteiger partial charge >= 0.3 is 0 Å². The third-order valence-corrected chi connectivity index (χ3v) is 5.91. The molecule has 0 aliphatic rings. The summed E-state index contributed by atoms with van der Waals surface area (Å²) in [5, 5.41) is 23.7. The van der Waals surface area contributed by atoms with Gasteiger partial charge < -0.3 is 10.2 Å². The van der Waals surface area contributed by atoms with Crippen LogP contribution in [0.4, 0.5) is 0 Å². The molecule has 152 valence electrons. The molecular weight excluding hydrogens is 364 g/mol. The second-order valence-corrected chi connectivity index (χ2v) is 8.71. The van der Waals surface area contributed by atoms with E-state index in [2.05, 4.69) is 39.8 Å². The Bertz CT molecular complexity index is 810. The molecule has 1 aromatic carbocycles. The highest BCUT2D eigenvalue weighted by Crippen LogP contribution is 2.43. The van der Waals surface area contributed by atoms with Crippen LogP contribution in [0.5, 0.6) is 11.5 Å². The van der Waals surface area contributed by atoms with Gasteiger partial charge in [0.25, 0.3) is 0 Å². The van der Waals surface area contributed by atoms with Gasteiger partial charge in [-0.25, -0.2) is 0 Å². The lowest BCUT2D eigenvalue weighted by Crippen LogP contribution is -1.96. The average Bonchev–Trinajstić information content (AvgIpc) is 3.15. The summed E-state index contributed by atoms with van der Waals surface area (Å²) >= 11 is 1.63. The number of rotatable bonds is 10. The van der Waals surface area contributed by atoms with E-state index in [4.69, 9.17) is 0 Å². The molecule has 0 spiro atoms. The van der Waals surface area contributed by atoms with Gasteiger partial charge in [0.1, 0.15) is 11.5 Å². The first kappa shape index (κ1) is 22.3. The number of phenols is 2. The van der Waals surface area contributed by atoms with Gasteiger partial charge in [0, 0.05) is 16.0 Å². The van der Waals surface area contributed by atoms with E-state index in [0.29, 0.717) is 12.0 Å². The number of hydrogen-bond acceptors (Lipinski definition) is 3. The SMILES string of the molecule is CCCCCc1cc(O)c(C/C=C(\C)CCC=C(C)C)c(O)c1-c1cccs1. The normalized spacial score (nSPS) is 11.6. The minimum Gasteiger partial charge on any atom is -0.508 e. The van der Waals surface area contributed by atoms with Crippen molar-refractivity contribution < 1.29 is 10.2 Å². The molecule has 0 bridgehead atoms. The van der Waals surface area contributed by atoms with Crippen molar-refractivity contribution in [1.82, 2.24) is 0 Å². The Morgan fingerprint density at radius 3 is 2.54 bits per heavy atom. The molecule has 0 radical (unpaired) electrons. The second kappa shape index (κ2) is 11.1. The van der Waals surface area contributed by atoms with Crippen molar-refractivity contribution in [3.05, 3.63) is 58.0 Å². The second-order valence-electron chi connectivity index (χ2n) is 7.77. The number of benzene rings is 1. The van der Waals surface area contributed by atoms with Crippen LogP contribution in [0.3, 0.4) is 0 Å². The maximum absolute atomic E-state index is 11.0. The lowest BCUT2D eigenvalue weighted by atomic mass is 9.94. The monoisotopic (exact) mass is 398 g/mol. The minimum absolute atomic E-state index is 0.206. The van der Waals surface area contributed by atoms with Gasteiger partial charge in [0.15, 0.2) is 0 Å². The van der Waals surface area contributed by atoms with Crippen LogP contribution in [-0.2, 0) is 12.8 Å². The summed E-state index contributed by atoms with van der Waals surface area (Å²) in [6.45, 7) is 8.53. The van der Waals surface area contributed by atoms with Crippen molar-refractivity contribution in [2.24, 2.45) is 0 Å². The molecule has 1 heterocycles. The van der Waals surface area contributed by atoms with E-state index in [1.165, 1.54) is 11.1 Å². The molecule has 2 nitrogen and oxygen atoms in total. The van der Waals surface area contributed by atoms with Crippen LogP contribution in [0.15, 0.2) is 46.9 Å². The summed E-state index contributed by atoms with van der Waals surface area (Å²) < 4.78 is 0. The molecule has 0 aliphatic carbocycles. The van der Waals surface area contributed by atoms with Gasteiger partial charge in [0.05, 0.1) is 0 Å². The van der Waals surface area contributed by atoms with Crippen LogP contribution in [0.2, 0.25) is 0 Å². The van der Waals surface area contributed by atoms with Gasteiger partial charge in [-0.1, -0.05) is 49.1 Å². The Balaban J connectivity index is 2.30. The zero-order valence-corrected chi connectivity index (χ0v) is 18.5. The summed E-state index contributed by atoms with van der Waals surface area (Å²) in [6, 6.07) is 5.92. The van der Waals surface area contributed by atoms with Crippen molar-refractivity contribution >= 4 is 11.3 Å². The standard InChI is InChI=1S/C25H34O2S/c1-5-6-7-12-20-17-22(26)21(15-14-19(4)11-8-10-18(2)3)25(27)24(20)23-13-9-16-28-23/h9-10,13-14,16-17,26-27H,5-8,11-12,15H2,1-4H3/b19-14+. The molecule has 28 heavy (non-hydrogen) atoms. The lowest BCUT2D eigenvalue weighted by Gasteiger charge is -2.16. The zero-order valence-electron chi connectivity index (χ0n) is 17.7. The molecule has 0 atom stereocenters. The molecule has 0 saturated heterocycles. The van der Waals surface area contributed by atoms with Crippen molar-refractivity contribution in [3.8, 4) is 21.9 Å². The Kier molecular flexibility index (Phi) is 8.85. The van der Waals surface area contributed by atoms with Crippen molar-refractivity contribution in [1.29, 1.82) is 0 Å². The Morgan fingerprint density at radius 2 is 1.89 bits per heavy atom.